The van der Waals surface area contributed by atoms with Crippen molar-refractivity contribution in [3.63, 3.8) is 0 Å². The molecule has 0 aliphatic rings. The number of rotatable bonds is 5. The molecule has 0 radical (unpaired) electrons. The lowest BCUT2D eigenvalue weighted by molar-refractivity contribution is 0.0775. The first-order valence-electron chi connectivity index (χ1n) is 5.48. The van der Waals surface area contributed by atoms with E-state index in [1.807, 2.05) is 6.92 Å². The Balaban J connectivity index is 3.01. The van der Waals surface area contributed by atoms with E-state index in [1.165, 1.54) is 17.0 Å². The normalized spacial score (nSPS) is 10.2. The van der Waals surface area contributed by atoms with Crippen LogP contribution < -0.4 is 5.73 Å². The molecule has 0 saturated heterocycles. The van der Waals surface area contributed by atoms with E-state index in [1.54, 1.807) is 6.07 Å². The standard InChI is InChI=1S/C12H14BrFN2OS/c1-2-5-16(7-11(15)18)12(17)9-6-8(13)3-4-10(9)14/h3-4,6H,2,5,7H2,1H3,(H2,15,18). The third-order valence-corrected chi connectivity index (χ3v) is 2.91. The summed E-state index contributed by atoms with van der Waals surface area (Å²) in [6.07, 6.45) is 0.754. The predicted octanol–water partition coefficient (Wildman–Crippen LogP) is 2.73. The van der Waals surface area contributed by atoms with Crippen molar-refractivity contribution >= 4 is 39.0 Å². The van der Waals surface area contributed by atoms with Crippen LogP contribution in [0.3, 0.4) is 0 Å². The lowest BCUT2D eigenvalue weighted by Crippen LogP contribution is -2.38. The molecule has 0 aromatic heterocycles. The highest BCUT2D eigenvalue weighted by molar-refractivity contribution is 9.10. The lowest BCUT2D eigenvalue weighted by Gasteiger charge is -2.21. The van der Waals surface area contributed by atoms with Gasteiger partial charge in [0.2, 0.25) is 0 Å². The number of hydrogen-bond donors (Lipinski definition) is 1. The summed E-state index contributed by atoms with van der Waals surface area (Å²) in [5.74, 6) is -0.948. The Morgan fingerprint density at radius 2 is 2.22 bits per heavy atom. The highest BCUT2D eigenvalue weighted by Crippen LogP contribution is 2.17. The number of benzene rings is 1. The summed E-state index contributed by atoms with van der Waals surface area (Å²) in [5.41, 5.74) is 5.46. The van der Waals surface area contributed by atoms with Gasteiger partial charge in [0.05, 0.1) is 17.1 Å². The molecular formula is C12H14BrFN2OS. The minimum absolute atomic E-state index is 0.0223. The van der Waals surface area contributed by atoms with Gasteiger partial charge in [-0.1, -0.05) is 35.1 Å². The first-order chi connectivity index (χ1) is 8.45. The van der Waals surface area contributed by atoms with Crippen molar-refractivity contribution in [1.82, 2.24) is 4.90 Å². The number of nitrogens with zero attached hydrogens (tertiary/aromatic N) is 1. The second-order valence-electron chi connectivity index (χ2n) is 3.82. The predicted molar refractivity (Wildman–Crippen MR) is 77.1 cm³/mol. The van der Waals surface area contributed by atoms with Crippen molar-refractivity contribution < 1.29 is 9.18 Å². The van der Waals surface area contributed by atoms with Crippen LogP contribution in [0.4, 0.5) is 4.39 Å². The molecule has 3 nitrogen and oxygen atoms in total. The highest BCUT2D eigenvalue weighted by atomic mass is 79.9. The van der Waals surface area contributed by atoms with Crippen molar-refractivity contribution in [2.24, 2.45) is 5.73 Å². The van der Waals surface area contributed by atoms with Crippen LogP contribution in [-0.4, -0.2) is 28.9 Å². The van der Waals surface area contributed by atoms with E-state index in [4.69, 9.17) is 18.0 Å². The van der Waals surface area contributed by atoms with Crippen molar-refractivity contribution in [3.8, 4) is 0 Å². The molecule has 0 spiro atoms. The average Bonchev–Trinajstić information content (AvgIpc) is 2.30. The number of carbonyl (C=O) groups is 1. The van der Waals surface area contributed by atoms with Crippen LogP contribution in [-0.2, 0) is 0 Å². The molecule has 0 unspecified atom stereocenters. The van der Waals surface area contributed by atoms with Crippen molar-refractivity contribution in [2.75, 3.05) is 13.1 Å². The average molecular weight is 333 g/mol. The fraction of sp³-hybridized carbons (Fsp3) is 0.333. The Morgan fingerprint density at radius 3 is 2.78 bits per heavy atom. The Labute approximate surface area is 119 Å². The van der Waals surface area contributed by atoms with E-state index in [0.717, 1.165) is 6.42 Å². The van der Waals surface area contributed by atoms with Crippen molar-refractivity contribution in [1.29, 1.82) is 0 Å². The van der Waals surface area contributed by atoms with Gasteiger partial charge in [-0.15, -0.1) is 0 Å². The number of thiocarbonyl (C=S) groups is 1. The van der Waals surface area contributed by atoms with E-state index < -0.39 is 11.7 Å². The number of halogens is 2. The molecule has 0 saturated carbocycles. The van der Waals surface area contributed by atoms with Crippen LogP contribution in [0.2, 0.25) is 0 Å². The molecule has 6 heteroatoms. The zero-order valence-corrected chi connectivity index (χ0v) is 12.4. The number of hydrogen-bond acceptors (Lipinski definition) is 2. The maximum Gasteiger partial charge on any atom is 0.257 e. The molecule has 0 bridgehead atoms. The van der Waals surface area contributed by atoms with Gasteiger partial charge in [-0.05, 0) is 24.6 Å². The van der Waals surface area contributed by atoms with Crippen LogP contribution in [0.5, 0.6) is 0 Å². The maximum absolute atomic E-state index is 13.6. The van der Waals surface area contributed by atoms with Crippen molar-refractivity contribution in [3.05, 3.63) is 34.1 Å². The van der Waals surface area contributed by atoms with Crippen LogP contribution >= 0.6 is 28.1 Å². The molecule has 1 aromatic carbocycles. The molecule has 98 valence electrons. The van der Waals surface area contributed by atoms with E-state index in [0.29, 0.717) is 11.0 Å². The molecule has 2 N–H and O–H groups in total. The van der Waals surface area contributed by atoms with Gasteiger partial charge in [0.1, 0.15) is 5.82 Å². The second-order valence-corrected chi connectivity index (χ2v) is 5.26. The van der Waals surface area contributed by atoms with Crippen molar-refractivity contribution in [2.45, 2.75) is 13.3 Å². The summed E-state index contributed by atoms with van der Waals surface area (Å²) in [6.45, 7) is 2.58. The van der Waals surface area contributed by atoms with Crippen LogP contribution in [0, 0.1) is 5.82 Å². The number of nitrogens with two attached hydrogens (primary N) is 1. The molecule has 0 heterocycles. The Kier molecular flexibility index (Phi) is 5.68. The fourth-order valence-electron chi connectivity index (χ4n) is 1.54. The van der Waals surface area contributed by atoms with Gasteiger partial charge in [0.15, 0.2) is 0 Å². The molecule has 18 heavy (non-hydrogen) atoms. The summed E-state index contributed by atoms with van der Waals surface area (Å²) < 4.78 is 14.3. The van der Waals surface area contributed by atoms with Crippen LogP contribution in [0.25, 0.3) is 0 Å². The fourth-order valence-corrected chi connectivity index (χ4v) is 2.06. The SMILES string of the molecule is CCCN(CC(N)=S)C(=O)c1cc(Br)ccc1F. The van der Waals surface area contributed by atoms with Gasteiger partial charge >= 0.3 is 0 Å². The molecule has 0 aliphatic carbocycles. The summed E-state index contributed by atoms with van der Waals surface area (Å²) in [6, 6.07) is 4.26. The van der Waals surface area contributed by atoms with E-state index in [-0.39, 0.29) is 17.1 Å². The Hall–Kier alpha value is -1.01. The van der Waals surface area contributed by atoms with Gasteiger partial charge < -0.3 is 10.6 Å². The summed E-state index contributed by atoms with van der Waals surface area (Å²) >= 11 is 8.01. The molecule has 1 aromatic rings. The molecule has 0 fully saturated rings. The third-order valence-electron chi connectivity index (χ3n) is 2.29. The zero-order chi connectivity index (χ0) is 13.7. The van der Waals surface area contributed by atoms with Gasteiger partial charge in [-0.25, -0.2) is 4.39 Å². The monoisotopic (exact) mass is 332 g/mol. The first-order valence-corrected chi connectivity index (χ1v) is 6.68. The molecule has 1 rings (SSSR count). The highest BCUT2D eigenvalue weighted by Gasteiger charge is 2.19. The first kappa shape index (κ1) is 15.0. The Morgan fingerprint density at radius 1 is 1.56 bits per heavy atom. The maximum atomic E-state index is 13.6. The number of carbonyl (C=O) groups excluding carboxylic acids is 1. The van der Waals surface area contributed by atoms with Gasteiger partial charge in [0, 0.05) is 11.0 Å². The minimum Gasteiger partial charge on any atom is -0.392 e. The topological polar surface area (TPSA) is 46.3 Å². The summed E-state index contributed by atoms with van der Waals surface area (Å²) in [5, 5.41) is 0. The zero-order valence-electron chi connectivity index (χ0n) is 9.95. The molecule has 0 aliphatic heterocycles. The molecule has 0 atom stereocenters. The second kappa shape index (κ2) is 6.80. The molecule has 1 amide bonds. The Bertz CT molecular complexity index is 467. The lowest BCUT2D eigenvalue weighted by atomic mass is 10.2. The van der Waals surface area contributed by atoms with Gasteiger partial charge in [0.25, 0.3) is 5.91 Å². The summed E-state index contributed by atoms with van der Waals surface area (Å²) in [7, 11) is 0. The largest absolute Gasteiger partial charge is 0.392 e. The van der Waals surface area contributed by atoms with Crippen LogP contribution in [0.1, 0.15) is 23.7 Å². The van der Waals surface area contributed by atoms with E-state index in [9.17, 15) is 9.18 Å². The third kappa shape index (κ3) is 4.03. The van der Waals surface area contributed by atoms with E-state index >= 15 is 0 Å². The smallest absolute Gasteiger partial charge is 0.257 e. The summed E-state index contributed by atoms with van der Waals surface area (Å²) in [4.78, 5) is 13.9. The van der Waals surface area contributed by atoms with Gasteiger partial charge in [-0.3, -0.25) is 4.79 Å². The minimum atomic E-state index is -0.549. The quantitative estimate of drug-likeness (QED) is 0.843. The van der Waals surface area contributed by atoms with Crippen LogP contribution in [0.15, 0.2) is 22.7 Å². The number of amides is 1. The van der Waals surface area contributed by atoms with Gasteiger partial charge in [-0.2, -0.15) is 0 Å². The molecular weight excluding hydrogens is 319 g/mol. The van der Waals surface area contributed by atoms with E-state index in [2.05, 4.69) is 15.9 Å².